The van der Waals surface area contributed by atoms with E-state index in [9.17, 15) is 4.79 Å². The number of benzene rings is 1. The van der Waals surface area contributed by atoms with E-state index in [2.05, 4.69) is 17.4 Å². The maximum absolute atomic E-state index is 12.4. The third kappa shape index (κ3) is 2.96. The molecular weight excluding hydrogens is 252 g/mol. The van der Waals surface area contributed by atoms with Gasteiger partial charge in [-0.05, 0) is 30.7 Å². The van der Waals surface area contributed by atoms with Crippen LogP contribution in [0.3, 0.4) is 0 Å². The number of urea groups is 1. The average Bonchev–Trinajstić information content (AvgIpc) is 3.21. The fourth-order valence-electron chi connectivity index (χ4n) is 2.95. The zero-order valence-electron chi connectivity index (χ0n) is 11.7. The standard InChI is InChI=1S/C16H22N2O2/c19-11-12-8-9-18(10-12)16(20)17-15(14-6-7-14)13-4-2-1-3-5-13/h1-5,12,14-15,19H,6-11H2,(H,17,20). The topological polar surface area (TPSA) is 52.6 Å². The fraction of sp³-hybridized carbons (Fsp3) is 0.562. The molecule has 3 rings (SSSR count). The van der Waals surface area contributed by atoms with Crippen molar-refractivity contribution in [1.29, 1.82) is 0 Å². The van der Waals surface area contributed by atoms with Crippen LogP contribution in [-0.2, 0) is 0 Å². The Morgan fingerprint density at radius 3 is 2.65 bits per heavy atom. The molecule has 1 aliphatic heterocycles. The molecule has 1 saturated carbocycles. The number of nitrogens with zero attached hydrogens (tertiary/aromatic N) is 1. The van der Waals surface area contributed by atoms with Crippen molar-refractivity contribution < 1.29 is 9.90 Å². The van der Waals surface area contributed by atoms with E-state index in [1.807, 2.05) is 23.1 Å². The van der Waals surface area contributed by atoms with Crippen LogP contribution in [0.2, 0.25) is 0 Å². The highest BCUT2D eigenvalue weighted by Crippen LogP contribution is 2.41. The van der Waals surface area contributed by atoms with Crippen LogP contribution in [-0.4, -0.2) is 35.7 Å². The van der Waals surface area contributed by atoms with Gasteiger partial charge < -0.3 is 15.3 Å². The molecule has 1 aromatic carbocycles. The van der Waals surface area contributed by atoms with Crippen LogP contribution in [0.5, 0.6) is 0 Å². The second-order valence-corrected chi connectivity index (χ2v) is 5.96. The monoisotopic (exact) mass is 274 g/mol. The molecule has 0 spiro atoms. The highest BCUT2D eigenvalue weighted by atomic mass is 16.3. The number of aliphatic hydroxyl groups excluding tert-OH is 1. The summed E-state index contributed by atoms with van der Waals surface area (Å²) >= 11 is 0. The Morgan fingerprint density at radius 2 is 2.05 bits per heavy atom. The smallest absolute Gasteiger partial charge is 0.317 e. The van der Waals surface area contributed by atoms with Crippen LogP contribution in [0, 0.1) is 11.8 Å². The minimum atomic E-state index is 0.0155. The maximum atomic E-state index is 12.4. The van der Waals surface area contributed by atoms with Crippen molar-refractivity contribution in [2.45, 2.75) is 25.3 Å². The largest absolute Gasteiger partial charge is 0.396 e. The number of carbonyl (C=O) groups is 1. The number of nitrogens with one attached hydrogen (secondary N) is 1. The highest BCUT2D eigenvalue weighted by Gasteiger charge is 2.35. The van der Waals surface area contributed by atoms with Gasteiger partial charge in [0.15, 0.2) is 0 Å². The van der Waals surface area contributed by atoms with Gasteiger partial charge in [0.1, 0.15) is 0 Å². The van der Waals surface area contributed by atoms with Crippen molar-refractivity contribution in [2.24, 2.45) is 11.8 Å². The molecule has 2 unspecified atom stereocenters. The van der Waals surface area contributed by atoms with E-state index >= 15 is 0 Å². The highest BCUT2D eigenvalue weighted by molar-refractivity contribution is 5.75. The maximum Gasteiger partial charge on any atom is 0.317 e. The summed E-state index contributed by atoms with van der Waals surface area (Å²) in [5, 5.41) is 12.4. The lowest BCUT2D eigenvalue weighted by Gasteiger charge is -2.23. The predicted molar refractivity (Wildman–Crippen MR) is 77.2 cm³/mol. The van der Waals surface area contributed by atoms with Crippen molar-refractivity contribution in [3.63, 3.8) is 0 Å². The quantitative estimate of drug-likeness (QED) is 0.884. The molecule has 0 bridgehead atoms. The van der Waals surface area contributed by atoms with E-state index in [0.717, 1.165) is 13.0 Å². The SMILES string of the molecule is O=C(NC(c1ccccc1)C1CC1)N1CCC(CO)C1. The van der Waals surface area contributed by atoms with Crippen LogP contribution in [0.1, 0.15) is 30.9 Å². The van der Waals surface area contributed by atoms with Gasteiger partial charge in [0.05, 0.1) is 6.04 Å². The number of carbonyl (C=O) groups excluding carboxylic acids is 1. The van der Waals surface area contributed by atoms with Gasteiger partial charge in [0.2, 0.25) is 0 Å². The summed E-state index contributed by atoms with van der Waals surface area (Å²) in [6, 6.07) is 10.4. The number of likely N-dealkylation sites (tertiary alicyclic amines) is 1. The Labute approximate surface area is 119 Å². The molecule has 2 N–H and O–H groups in total. The van der Waals surface area contributed by atoms with Crippen molar-refractivity contribution in [3.8, 4) is 0 Å². The van der Waals surface area contributed by atoms with E-state index in [4.69, 9.17) is 5.11 Å². The van der Waals surface area contributed by atoms with Gasteiger partial charge in [0.25, 0.3) is 0 Å². The summed E-state index contributed by atoms with van der Waals surface area (Å²) in [5.74, 6) is 0.828. The van der Waals surface area contributed by atoms with Crippen molar-refractivity contribution in [3.05, 3.63) is 35.9 Å². The lowest BCUT2D eigenvalue weighted by molar-refractivity contribution is 0.193. The van der Waals surface area contributed by atoms with Crippen molar-refractivity contribution in [2.75, 3.05) is 19.7 Å². The van der Waals surface area contributed by atoms with E-state index in [-0.39, 0.29) is 24.6 Å². The van der Waals surface area contributed by atoms with Gasteiger partial charge in [-0.2, -0.15) is 0 Å². The number of aliphatic hydroxyl groups is 1. The van der Waals surface area contributed by atoms with Gasteiger partial charge in [0, 0.05) is 25.6 Å². The molecule has 4 heteroatoms. The third-order valence-electron chi connectivity index (χ3n) is 4.36. The van der Waals surface area contributed by atoms with Gasteiger partial charge in [-0.3, -0.25) is 0 Å². The molecule has 0 aromatic heterocycles. The molecule has 2 fully saturated rings. The summed E-state index contributed by atoms with van der Waals surface area (Å²) in [7, 11) is 0. The van der Waals surface area contributed by atoms with Gasteiger partial charge in [-0.15, -0.1) is 0 Å². The van der Waals surface area contributed by atoms with Gasteiger partial charge >= 0.3 is 6.03 Å². The number of rotatable bonds is 4. The molecule has 2 aliphatic rings. The zero-order valence-corrected chi connectivity index (χ0v) is 11.7. The predicted octanol–water partition coefficient (Wildman–Crippen LogP) is 2.16. The van der Waals surface area contributed by atoms with Crippen molar-refractivity contribution >= 4 is 6.03 Å². The van der Waals surface area contributed by atoms with Crippen LogP contribution < -0.4 is 5.32 Å². The first kappa shape index (κ1) is 13.4. The second kappa shape index (κ2) is 5.83. The minimum absolute atomic E-state index is 0.0155. The molecule has 1 aromatic rings. The Balaban J connectivity index is 1.64. The summed E-state index contributed by atoms with van der Waals surface area (Å²) in [6.07, 6.45) is 3.29. The summed E-state index contributed by atoms with van der Waals surface area (Å²) in [5.41, 5.74) is 1.20. The van der Waals surface area contributed by atoms with E-state index in [1.165, 1.54) is 18.4 Å². The van der Waals surface area contributed by atoms with Crippen LogP contribution in [0.15, 0.2) is 30.3 Å². The normalized spacial score (nSPS) is 23.6. The average molecular weight is 274 g/mol. The molecule has 2 atom stereocenters. The molecular formula is C16H22N2O2. The third-order valence-corrected chi connectivity index (χ3v) is 4.36. The Hall–Kier alpha value is -1.55. The molecule has 20 heavy (non-hydrogen) atoms. The lowest BCUT2D eigenvalue weighted by Crippen LogP contribution is -2.41. The zero-order chi connectivity index (χ0) is 13.9. The van der Waals surface area contributed by atoms with Crippen LogP contribution >= 0.6 is 0 Å². The Kier molecular flexibility index (Phi) is 3.92. The van der Waals surface area contributed by atoms with Gasteiger partial charge in [-0.25, -0.2) is 4.79 Å². The minimum Gasteiger partial charge on any atom is -0.396 e. The fourth-order valence-corrected chi connectivity index (χ4v) is 2.95. The second-order valence-electron chi connectivity index (χ2n) is 5.96. The molecule has 4 nitrogen and oxygen atoms in total. The lowest BCUT2D eigenvalue weighted by atomic mass is 10.0. The molecule has 1 aliphatic carbocycles. The first-order chi connectivity index (χ1) is 9.78. The number of amides is 2. The number of hydrogen-bond donors (Lipinski definition) is 2. The number of hydrogen-bond acceptors (Lipinski definition) is 2. The molecule has 0 radical (unpaired) electrons. The first-order valence-corrected chi connectivity index (χ1v) is 7.49. The van der Waals surface area contributed by atoms with Crippen LogP contribution in [0.4, 0.5) is 4.79 Å². The molecule has 1 heterocycles. The Morgan fingerprint density at radius 1 is 1.30 bits per heavy atom. The molecule has 108 valence electrons. The first-order valence-electron chi connectivity index (χ1n) is 7.49. The molecule has 2 amide bonds. The Bertz CT molecular complexity index is 459. The van der Waals surface area contributed by atoms with Gasteiger partial charge in [-0.1, -0.05) is 30.3 Å². The van der Waals surface area contributed by atoms with E-state index in [0.29, 0.717) is 12.5 Å². The molecule has 1 saturated heterocycles. The summed E-state index contributed by atoms with van der Waals surface area (Å²) < 4.78 is 0. The summed E-state index contributed by atoms with van der Waals surface area (Å²) in [4.78, 5) is 14.2. The van der Waals surface area contributed by atoms with Crippen molar-refractivity contribution in [1.82, 2.24) is 10.2 Å². The van der Waals surface area contributed by atoms with Crippen LogP contribution in [0.25, 0.3) is 0 Å². The summed E-state index contributed by atoms with van der Waals surface area (Å²) in [6.45, 7) is 1.60. The van der Waals surface area contributed by atoms with E-state index in [1.54, 1.807) is 0 Å². The van der Waals surface area contributed by atoms with E-state index < -0.39 is 0 Å².